The first-order chi connectivity index (χ1) is 8.99. The molecule has 0 spiro atoms. The highest BCUT2D eigenvalue weighted by Gasteiger charge is 2.08. The minimum atomic E-state index is -0.368. The van der Waals surface area contributed by atoms with Crippen LogP contribution in [-0.4, -0.2) is 22.5 Å². The second-order valence-electron chi connectivity index (χ2n) is 4.59. The number of hydrogen-bond acceptors (Lipinski definition) is 4. The van der Waals surface area contributed by atoms with Crippen LogP contribution in [0.3, 0.4) is 0 Å². The van der Waals surface area contributed by atoms with Crippen LogP contribution in [0, 0.1) is 0 Å². The zero-order valence-electron chi connectivity index (χ0n) is 11.0. The summed E-state index contributed by atoms with van der Waals surface area (Å²) < 4.78 is 6.58. The Morgan fingerprint density at radius 2 is 2.21 bits per heavy atom. The van der Waals surface area contributed by atoms with Gasteiger partial charge in [0.15, 0.2) is 5.58 Å². The number of carbonyl (C=O) groups is 1. The van der Waals surface area contributed by atoms with E-state index in [1.54, 1.807) is 7.05 Å². The van der Waals surface area contributed by atoms with Crippen LogP contribution in [0.15, 0.2) is 27.4 Å². The maximum absolute atomic E-state index is 11.4. The van der Waals surface area contributed by atoms with Crippen molar-refractivity contribution in [3.63, 3.8) is 0 Å². The first-order valence-corrected chi connectivity index (χ1v) is 6.09. The van der Waals surface area contributed by atoms with Gasteiger partial charge < -0.3 is 4.42 Å². The van der Waals surface area contributed by atoms with Gasteiger partial charge in [-0.05, 0) is 30.5 Å². The lowest BCUT2D eigenvalue weighted by molar-refractivity contribution is -0.130. The number of carbonyl (C=O) groups excluding carboxylic acids is 1. The van der Waals surface area contributed by atoms with Gasteiger partial charge >= 0.3 is 5.76 Å². The molecule has 0 bridgehead atoms. The normalized spacial score (nSPS) is 10.9. The van der Waals surface area contributed by atoms with E-state index in [4.69, 9.17) is 10.3 Å². The molecule has 6 nitrogen and oxygen atoms in total. The van der Waals surface area contributed by atoms with Crippen molar-refractivity contribution < 1.29 is 9.21 Å². The smallest absolute Gasteiger partial charge is 0.408 e. The van der Waals surface area contributed by atoms with Crippen molar-refractivity contribution in [2.24, 2.45) is 12.9 Å². The monoisotopic (exact) mass is 263 g/mol. The lowest BCUT2D eigenvalue weighted by Gasteiger charge is -2.09. The van der Waals surface area contributed by atoms with E-state index in [0.717, 1.165) is 22.5 Å². The van der Waals surface area contributed by atoms with E-state index in [-0.39, 0.29) is 11.7 Å². The van der Waals surface area contributed by atoms with E-state index in [0.29, 0.717) is 18.4 Å². The van der Waals surface area contributed by atoms with Crippen LogP contribution in [0.5, 0.6) is 0 Å². The van der Waals surface area contributed by atoms with E-state index in [1.807, 2.05) is 18.2 Å². The molecule has 0 fully saturated rings. The Labute approximate surface area is 110 Å². The van der Waals surface area contributed by atoms with Crippen molar-refractivity contribution in [3.8, 4) is 0 Å². The van der Waals surface area contributed by atoms with Crippen molar-refractivity contribution in [3.05, 3.63) is 34.3 Å². The van der Waals surface area contributed by atoms with E-state index in [2.05, 4.69) is 0 Å². The summed E-state index contributed by atoms with van der Waals surface area (Å²) in [7, 11) is 3.20. The zero-order valence-corrected chi connectivity index (χ0v) is 11.0. The predicted octanol–water partition coefficient (Wildman–Crippen LogP) is 0.786. The largest absolute Gasteiger partial charge is 0.419 e. The second kappa shape index (κ2) is 5.27. The number of oxazole rings is 1. The van der Waals surface area contributed by atoms with Crippen LogP contribution in [0.4, 0.5) is 0 Å². The number of nitrogens with zero attached hydrogens (tertiary/aromatic N) is 2. The molecular weight excluding hydrogens is 246 g/mol. The molecular formula is C13H17N3O3. The molecule has 0 radical (unpaired) electrons. The van der Waals surface area contributed by atoms with Crippen molar-refractivity contribution >= 4 is 17.0 Å². The van der Waals surface area contributed by atoms with E-state index in [1.165, 1.54) is 11.6 Å². The molecule has 0 aliphatic carbocycles. The van der Waals surface area contributed by atoms with E-state index >= 15 is 0 Å². The lowest BCUT2D eigenvalue weighted by atomic mass is 10.1. The maximum Gasteiger partial charge on any atom is 0.419 e. The number of aromatic nitrogens is 1. The van der Waals surface area contributed by atoms with Crippen molar-refractivity contribution in [2.45, 2.75) is 19.3 Å². The summed E-state index contributed by atoms with van der Waals surface area (Å²) in [5.74, 6) is 4.88. The van der Waals surface area contributed by atoms with Crippen LogP contribution >= 0.6 is 0 Å². The Morgan fingerprint density at radius 1 is 1.47 bits per heavy atom. The van der Waals surface area contributed by atoms with Gasteiger partial charge in [0.1, 0.15) is 0 Å². The van der Waals surface area contributed by atoms with Crippen LogP contribution in [0.25, 0.3) is 11.1 Å². The molecule has 19 heavy (non-hydrogen) atoms. The molecule has 1 aromatic heterocycles. The van der Waals surface area contributed by atoms with Crippen LogP contribution in [0.2, 0.25) is 0 Å². The third-order valence-electron chi connectivity index (χ3n) is 3.11. The van der Waals surface area contributed by atoms with Gasteiger partial charge in [-0.3, -0.25) is 14.4 Å². The van der Waals surface area contributed by atoms with E-state index in [9.17, 15) is 9.59 Å². The van der Waals surface area contributed by atoms with Crippen LogP contribution in [-0.2, 0) is 18.3 Å². The Morgan fingerprint density at radius 3 is 2.89 bits per heavy atom. The quantitative estimate of drug-likeness (QED) is 0.502. The number of hydrogen-bond donors (Lipinski definition) is 1. The Hall–Kier alpha value is -2.08. The van der Waals surface area contributed by atoms with Crippen molar-refractivity contribution in [1.82, 2.24) is 9.58 Å². The molecule has 0 aliphatic heterocycles. The number of amides is 1. The maximum atomic E-state index is 11.4. The highest BCUT2D eigenvalue weighted by molar-refractivity contribution is 5.75. The molecule has 0 aliphatic rings. The van der Waals surface area contributed by atoms with Gasteiger partial charge in [-0.2, -0.15) is 0 Å². The summed E-state index contributed by atoms with van der Waals surface area (Å²) in [6.45, 7) is 0. The van der Waals surface area contributed by atoms with Gasteiger partial charge in [0, 0.05) is 20.5 Å². The number of fused-ring (bicyclic) bond motifs is 1. The average Bonchev–Trinajstić information content (AvgIpc) is 2.64. The molecule has 2 aromatic rings. The molecule has 1 amide bonds. The Kier molecular flexibility index (Phi) is 3.71. The zero-order chi connectivity index (χ0) is 14.0. The van der Waals surface area contributed by atoms with Crippen molar-refractivity contribution in [2.75, 3.05) is 7.05 Å². The molecule has 2 N–H and O–H groups in total. The highest BCUT2D eigenvalue weighted by Crippen LogP contribution is 2.15. The van der Waals surface area contributed by atoms with Gasteiger partial charge in [-0.1, -0.05) is 6.07 Å². The van der Waals surface area contributed by atoms with Crippen LogP contribution in [0.1, 0.15) is 18.4 Å². The third-order valence-corrected chi connectivity index (χ3v) is 3.11. The minimum absolute atomic E-state index is 0.0904. The van der Waals surface area contributed by atoms with Gasteiger partial charge in [0.2, 0.25) is 5.91 Å². The number of aryl methyl sites for hydroxylation is 2. The molecule has 6 heteroatoms. The number of rotatable bonds is 4. The second-order valence-corrected chi connectivity index (χ2v) is 4.59. The summed E-state index contributed by atoms with van der Waals surface area (Å²) in [6.07, 6.45) is 1.86. The third kappa shape index (κ3) is 2.85. The predicted molar refractivity (Wildman–Crippen MR) is 71.4 cm³/mol. The van der Waals surface area contributed by atoms with Gasteiger partial charge in [-0.25, -0.2) is 10.6 Å². The molecule has 2 rings (SSSR count). The van der Waals surface area contributed by atoms with Crippen LogP contribution < -0.4 is 11.6 Å². The number of nitrogens with two attached hydrogens (primary N) is 1. The molecule has 0 saturated carbocycles. The number of benzene rings is 1. The molecule has 0 saturated heterocycles. The summed E-state index contributed by atoms with van der Waals surface area (Å²) in [6, 6.07) is 5.63. The Balaban J connectivity index is 2.06. The molecule has 0 atom stereocenters. The average molecular weight is 263 g/mol. The topological polar surface area (TPSA) is 81.5 Å². The SMILES string of the molecule is CN(N)C(=O)CCCc1ccc2c(c1)oc(=O)n2C. The van der Waals surface area contributed by atoms with E-state index < -0.39 is 0 Å². The summed E-state index contributed by atoms with van der Waals surface area (Å²) in [5, 5.41) is 1.10. The fourth-order valence-corrected chi connectivity index (χ4v) is 1.95. The fraction of sp³-hybridized carbons (Fsp3) is 0.385. The van der Waals surface area contributed by atoms with Gasteiger partial charge in [0.25, 0.3) is 0 Å². The molecule has 1 aromatic carbocycles. The summed E-state index contributed by atoms with van der Waals surface area (Å²) in [4.78, 5) is 22.7. The first kappa shape index (κ1) is 13.4. The molecule has 1 heterocycles. The summed E-state index contributed by atoms with van der Waals surface area (Å²) >= 11 is 0. The Bertz CT molecular complexity index is 655. The first-order valence-electron chi connectivity index (χ1n) is 6.09. The van der Waals surface area contributed by atoms with Gasteiger partial charge in [0.05, 0.1) is 5.52 Å². The molecule has 0 unspecified atom stereocenters. The minimum Gasteiger partial charge on any atom is -0.408 e. The fourth-order valence-electron chi connectivity index (χ4n) is 1.95. The highest BCUT2D eigenvalue weighted by atomic mass is 16.4. The molecule has 102 valence electrons. The van der Waals surface area contributed by atoms with Crippen molar-refractivity contribution in [1.29, 1.82) is 0 Å². The van der Waals surface area contributed by atoms with Gasteiger partial charge in [-0.15, -0.1) is 0 Å². The standard InChI is InChI=1S/C13H17N3O3/c1-15-10-7-6-9(8-11(10)19-13(15)18)4-3-5-12(17)16(2)14/h6-8H,3-5,14H2,1-2H3. The summed E-state index contributed by atoms with van der Waals surface area (Å²) in [5.41, 5.74) is 2.38. The number of hydrazine groups is 1. The lowest BCUT2D eigenvalue weighted by Crippen LogP contribution is -2.32.